The van der Waals surface area contributed by atoms with Gasteiger partial charge in [-0.2, -0.15) is 0 Å². The van der Waals surface area contributed by atoms with Crippen molar-refractivity contribution in [3.8, 4) is 11.5 Å². The van der Waals surface area contributed by atoms with Crippen LogP contribution in [0.15, 0.2) is 84.2 Å². The molecule has 0 saturated heterocycles. The van der Waals surface area contributed by atoms with Gasteiger partial charge >= 0.3 is 0 Å². The number of carbonyl (C=O) groups is 5. The minimum atomic E-state index is -1.30. The topological polar surface area (TPSA) is 188 Å². The summed E-state index contributed by atoms with van der Waals surface area (Å²) in [5.41, 5.74) is 2.55. The first kappa shape index (κ1) is 38.5. The zero-order valence-corrected chi connectivity index (χ0v) is 30.2. The summed E-state index contributed by atoms with van der Waals surface area (Å²) in [7, 11) is 0. The molecule has 0 spiro atoms. The Labute approximate surface area is 311 Å². The van der Waals surface area contributed by atoms with E-state index in [1.54, 1.807) is 47.7 Å². The molecule has 53 heavy (non-hydrogen) atoms. The van der Waals surface area contributed by atoms with Gasteiger partial charge in [0.05, 0.1) is 23.6 Å². The van der Waals surface area contributed by atoms with Gasteiger partial charge in [0.15, 0.2) is 0 Å². The molecule has 4 aromatic rings. The summed E-state index contributed by atoms with van der Waals surface area (Å²) in [6.45, 7) is 2.59. The van der Waals surface area contributed by atoms with Crippen molar-refractivity contribution in [1.82, 2.24) is 31.6 Å². The molecule has 2 heterocycles. The van der Waals surface area contributed by atoms with Crippen LogP contribution in [0.1, 0.15) is 51.4 Å². The minimum absolute atomic E-state index is 0.0156. The molecule has 5 amide bonds. The summed E-state index contributed by atoms with van der Waals surface area (Å²) in [5.74, 6) is -2.60. The molecule has 3 aromatic carbocycles. The monoisotopic (exact) mass is 740 g/mol. The van der Waals surface area contributed by atoms with Gasteiger partial charge < -0.3 is 36.4 Å². The molecule has 3 atom stereocenters. The first-order valence-electron chi connectivity index (χ1n) is 17.6. The predicted octanol–water partition coefficient (Wildman–Crippen LogP) is 2.75. The van der Waals surface area contributed by atoms with Crippen LogP contribution in [0.3, 0.4) is 0 Å². The van der Waals surface area contributed by atoms with E-state index in [1.165, 1.54) is 12.1 Å². The molecule has 278 valence electrons. The Morgan fingerprint density at radius 1 is 0.887 bits per heavy atom. The fourth-order valence-electron chi connectivity index (χ4n) is 5.75. The number of nitrogens with zero attached hydrogens (tertiary/aromatic N) is 1. The lowest BCUT2D eigenvalue weighted by Gasteiger charge is -2.25. The van der Waals surface area contributed by atoms with Crippen LogP contribution in [0.5, 0.6) is 11.5 Å². The number of aromatic hydroxyl groups is 1. The first-order valence-corrected chi connectivity index (χ1v) is 18.4. The standard InChI is InChI=1S/C39H44N6O7S/c1-25-24-53-35(42-25)13-7-18-40-38(50)32-23-34(47)43-31(22-27-14-16-28(46)17-15-27)39(51)45-30(21-26-9-3-2-4-10-26)37(49)41-19-8-20-52-33-12-6-5-11-29(33)36(48)44-32/h2-6,9-12,14-17,24,30-32,46H,7-8,13,18-23H2,1H3,(H,40,50)(H,41,49)(H,43,47)(H,44,48)(H,45,51)/t30-,31-,32-/m0/s1. The molecule has 0 radical (unpaired) electrons. The van der Waals surface area contributed by atoms with Crippen LogP contribution in [-0.2, 0) is 38.4 Å². The highest BCUT2D eigenvalue weighted by Gasteiger charge is 2.30. The van der Waals surface area contributed by atoms with E-state index in [-0.39, 0.29) is 49.6 Å². The Kier molecular flexibility index (Phi) is 13.9. The van der Waals surface area contributed by atoms with Gasteiger partial charge in [-0.25, -0.2) is 4.98 Å². The molecule has 0 aliphatic carbocycles. The number of amides is 5. The van der Waals surface area contributed by atoms with Crippen molar-refractivity contribution in [2.75, 3.05) is 19.7 Å². The van der Waals surface area contributed by atoms with E-state index < -0.39 is 54.1 Å². The van der Waals surface area contributed by atoms with Crippen molar-refractivity contribution in [3.05, 3.63) is 112 Å². The Hall–Kier alpha value is -5.76. The van der Waals surface area contributed by atoms with E-state index >= 15 is 0 Å². The molecule has 0 bridgehead atoms. The van der Waals surface area contributed by atoms with E-state index in [0.717, 1.165) is 16.3 Å². The molecule has 0 saturated carbocycles. The molecule has 0 fully saturated rings. The van der Waals surface area contributed by atoms with Gasteiger partial charge in [-0.05, 0) is 55.2 Å². The number of para-hydroxylation sites is 1. The maximum atomic E-state index is 13.9. The number of carbonyl (C=O) groups excluding carboxylic acids is 5. The summed E-state index contributed by atoms with van der Waals surface area (Å²) in [5, 5.41) is 26.7. The maximum Gasteiger partial charge on any atom is 0.255 e. The molecule has 5 rings (SSSR count). The number of aryl methyl sites for hydroxylation is 2. The van der Waals surface area contributed by atoms with Gasteiger partial charge in [-0.3, -0.25) is 24.0 Å². The van der Waals surface area contributed by atoms with E-state index in [1.807, 2.05) is 42.6 Å². The molecular weight excluding hydrogens is 697 g/mol. The smallest absolute Gasteiger partial charge is 0.255 e. The second-order valence-electron chi connectivity index (χ2n) is 12.7. The lowest BCUT2D eigenvalue weighted by molar-refractivity contribution is -0.133. The van der Waals surface area contributed by atoms with E-state index in [4.69, 9.17) is 4.74 Å². The minimum Gasteiger partial charge on any atom is -0.508 e. The molecular formula is C39H44N6O7S. The summed E-state index contributed by atoms with van der Waals surface area (Å²) in [6, 6.07) is 18.5. The average Bonchev–Trinajstić information content (AvgIpc) is 3.57. The number of thiazole rings is 1. The van der Waals surface area contributed by atoms with Gasteiger partial charge in [0, 0.05) is 43.4 Å². The number of phenols is 1. The fraction of sp³-hybridized carbons (Fsp3) is 0.333. The van der Waals surface area contributed by atoms with Crippen LogP contribution in [0.25, 0.3) is 0 Å². The van der Waals surface area contributed by atoms with Crippen LogP contribution in [-0.4, -0.2) is 77.4 Å². The van der Waals surface area contributed by atoms with E-state index in [9.17, 15) is 29.1 Å². The third kappa shape index (κ3) is 11.9. The largest absolute Gasteiger partial charge is 0.508 e. The van der Waals surface area contributed by atoms with Crippen molar-refractivity contribution >= 4 is 40.9 Å². The van der Waals surface area contributed by atoms with Crippen molar-refractivity contribution in [2.45, 2.75) is 63.6 Å². The second-order valence-corrected chi connectivity index (χ2v) is 13.7. The molecule has 13 nitrogen and oxygen atoms in total. The van der Waals surface area contributed by atoms with Crippen molar-refractivity contribution in [1.29, 1.82) is 0 Å². The summed E-state index contributed by atoms with van der Waals surface area (Å²) < 4.78 is 5.91. The number of aromatic nitrogens is 1. The third-order valence-corrected chi connectivity index (χ3v) is 9.52. The summed E-state index contributed by atoms with van der Waals surface area (Å²) in [4.78, 5) is 72.8. The van der Waals surface area contributed by atoms with Gasteiger partial charge in [-0.1, -0.05) is 54.6 Å². The molecule has 6 N–H and O–H groups in total. The van der Waals surface area contributed by atoms with Crippen LogP contribution >= 0.6 is 11.3 Å². The highest BCUT2D eigenvalue weighted by molar-refractivity contribution is 7.09. The highest BCUT2D eigenvalue weighted by atomic mass is 32.1. The number of phenolic OH excluding ortho intramolecular Hbond substituents is 1. The third-order valence-electron chi connectivity index (χ3n) is 8.50. The number of fused-ring (bicyclic) bond motifs is 1. The predicted molar refractivity (Wildman–Crippen MR) is 199 cm³/mol. The molecule has 1 aliphatic rings. The fourth-order valence-corrected chi connectivity index (χ4v) is 6.57. The Morgan fingerprint density at radius 2 is 1.58 bits per heavy atom. The van der Waals surface area contributed by atoms with Crippen LogP contribution in [0, 0.1) is 6.92 Å². The number of hydrogen-bond donors (Lipinski definition) is 6. The number of nitrogens with one attached hydrogen (secondary N) is 5. The van der Waals surface area contributed by atoms with Gasteiger partial charge in [0.2, 0.25) is 23.6 Å². The second kappa shape index (κ2) is 19.2. The van der Waals surface area contributed by atoms with Crippen LogP contribution in [0.4, 0.5) is 0 Å². The molecule has 14 heteroatoms. The number of hydrogen-bond acceptors (Lipinski definition) is 9. The zero-order chi connectivity index (χ0) is 37.6. The summed E-state index contributed by atoms with van der Waals surface area (Å²) >= 11 is 1.54. The van der Waals surface area contributed by atoms with Crippen molar-refractivity contribution < 1.29 is 33.8 Å². The van der Waals surface area contributed by atoms with Crippen molar-refractivity contribution in [3.63, 3.8) is 0 Å². The van der Waals surface area contributed by atoms with Crippen LogP contribution < -0.4 is 31.3 Å². The van der Waals surface area contributed by atoms with Gasteiger partial charge in [-0.15, -0.1) is 11.3 Å². The summed E-state index contributed by atoms with van der Waals surface area (Å²) in [6.07, 6.45) is 1.37. The molecule has 0 unspecified atom stereocenters. The number of benzene rings is 3. The lowest BCUT2D eigenvalue weighted by Crippen LogP contribution is -2.56. The van der Waals surface area contributed by atoms with E-state index in [0.29, 0.717) is 24.8 Å². The van der Waals surface area contributed by atoms with Gasteiger partial charge in [0.1, 0.15) is 29.6 Å². The number of ether oxygens (including phenoxy) is 1. The Bertz CT molecular complexity index is 1870. The van der Waals surface area contributed by atoms with Gasteiger partial charge in [0.25, 0.3) is 5.91 Å². The quantitative estimate of drug-likeness (QED) is 0.141. The molecule has 1 aliphatic heterocycles. The first-order chi connectivity index (χ1) is 25.6. The van der Waals surface area contributed by atoms with E-state index in [2.05, 4.69) is 31.6 Å². The Balaban J connectivity index is 1.40. The zero-order valence-electron chi connectivity index (χ0n) is 29.4. The SMILES string of the molecule is Cc1csc(CCCNC(=O)[C@@H]2CC(=O)N[C@@H](Cc3ccc(O)cc3)C(=O)N[C@@H](Cc3ccccc3)C(=O)NCCCOc3ccccc3C(=O)N2)n1. The van der Waals surface area contributed by atoms with Crippen molar-refractivity contribution in [2.24, 2.45) is 0 Å². The highest BCUT2D eigenvalue weighted by Crippen LogP contribution is 2.19. The Morgan fingerprint density at radius 3 is 2.32 bits per heavy atom. The number of rotatable bonds is 9. The maximum absolute atomic E-state index is 13.9. The van der Waals surface area contributed by atoms with Crippen LogP contribution in [0.2, 0.25) is 0 Å². The average molecular weight is 741 g/mol. The normalized spacial score (nSPS) is 18.8. The molecule has 1 aromatic heterocycles. The lowest BCUT2D eigenvalue weighted by atomic mass is 10.0.